The highest BCUT2D eigenvalue weighted by Gasteiger charge is 2.25. The summed E-state index contributed by atoms with van der Waals surface area (Å²) in [5.74, 6) is 1.17. The van der Waals surface area contributed by atoms with Gasteiger partial charge in [-0.2, -0.15) is 0 Å². The fraction of sp³-hybridized carbons (Fsp3) is 0.588. The van der Waals surface area contributed by atoms with E-state index in [-0.39, 0.29) is 5.97 Å². The summed E-state index contributed by atoms with van der Waals surface area (Å²) in [6.45, 7) is 6.19. The van der Waals surface area contributed by atoms with E-state index in [0.29, 0.717) is 24.6 Å². The third-order valence-corrected chi connectivity index (χ3v) is 5.14. The number of hydrogen-bond donors (Lipinski definition) is 0. The quantitative estimate of drug-likeness (QED) is 0.756. The van der Waals surface area contributed by atoms with Crippen LogP contribution in [0.25, 0.3) is 10.2 Å². The summed E-state index contributed by atoms with van der Waals surface area (Å²) in [6, 6.07) is 0. The lowest BCUT2D eigenvalue weighted by molar-refractivity contribution is 0.0531. The molecule has 136 valence electrons. The molecule has 0 unspecified atom stereocenters. The molecule has 0 aromatic carbocycles. The van der Waals surface area contributed by atoms with Gasteiger partial charge in [0.15, 0.2) is 5.82 Å². The summed E-state index contributed by atoms with van der Waals surface area (Å²) >= 11 is 1.36. The van der Waals surface area contributed by atoms with Crippen molar-refractivity contribution in [1.82, 2.24) is 14.9 Å². The van der Waals surface area contributed by atoms with Crippen LogP contribution in [-0.4, -0.2) is 54.7 Å². The van der Waals surface area contributed by atoms with Crippen LogP contribution in [0.5, 0.6) is 0 Å². The second-order valence-electron chi connectivity index (χ2n) is 6.30. The van der Waals surface area contributed by atoms with Gasteiger partial charge in [-0.05, 0) is 46.3 Å². The maximum atomic E-state index is 12.3. The first-order valence-electron chi connectivity index (χ1n) is 8.53. The molecule has 8 heteroatoms. The molecule has 1 aliphatic heterocycles. The zero-order chi connectivity index (χ0) is 18.0. The van der Waals surface area contributed by atoms with Gasteiger partial charge in [0.2, 0.25) is 0 Å². The number of nitrogens with zero attached hydrogens (tertiary/aromatic N) is 4. The van der Waals surface area contributed by atoms with Gasteiger partial charge in [-0.3, -0.25) is 4.84 Å². The van der Waals surface area contributed by atoms with E-state index in [9.17, 15) is 4.79 Å². The molecule has 1 fully saturated rings. The van der Waals surface area contributed by atoms with Crippen molar-refractivity contribution in [2.24, 2.45) is 0 Å². The zero-order valence-electron chi connectivity index (χ0n) is 15.2. The molecule has 0 bridgehead atoms. The Morgan fingerprint density at radius 3 is 2.80 bits per heavy atom. The highest BCUT2D eigenvalue weighted by atomic mass is 32.1. The van der Waals surface area contributed by atoms with Crippen LogP contribution < -0.4 is 5.06 Å². The summed E-state index contributed by atoms with van der Waals surface area (Å²) in [7, 11) is 3.96. The highest BCUT2D eigenvalue weighted by molar-refractivity contribution is 7.20. The minimum absolute atomic E-state index is 0.303. The first-order chi connectivity index (χ1) is 12.0. The molecule has 25 heavy (non-hydrogen) atoms. The molecule has 0 aliphatic carbocycles. The molecule has 0 spiro atoms. The number of ether oxygens (including phenoxy) is 1. The van der Waals surface area contributed by atoms with Gasteiger partial charge in [0.05, 0.1) is 25.1 Å². The zero-order valence-corrected chi connectivity index (χ0v) is 16.0. The lowest BCUT2D eigenvalue weighted by Gasteiger charge is -2.27. The van der Waals surface area contributed by atoms with Crippen molar-refractivity contribution in [1.29, 1.82) is 0 Å². The number of carbonyl (C=O) groups is 1. The average molecular weight is 364 g/mol. The van der Waals surface area contributed by atoms with E-state index in [2.05, 4.69) is 4.98 Å². The molecule has 0 amide bonds. The number of rotatable bonds is 5. The molecule has 2 aromatic rings. The van der Waals surface area contributed by atoms with Crippen LogP contribution in [0.3, 0.4) is 0 Å². The molecule has 7 nitrogen and oxygen atoms in total. The Bertz CT molecular complexity index is 769. The Hall–Kier alpha value is -1.77. The average Bonchev–Trinajstić information content (AvgIpc) is 2.91. The van der Waals surface area contributed by atoms with Crippen molar-refractivity contribution in [3.8, 4) is 0 Å². The van der Waals surface area contributed by atoms with Gasteiger partial charge in [-0.1, -0.05) is 0 Å². The van der Waals surface area contributed by atoms with Crippen LogP contribution in [0.2, 0.25) is 0 Å². The standard InChI is InChI=1S/C17H24N4O3S/c1-5-23-17(22)14-11(2)13-15(21-8-6-7-9-24-21)18-12(10-20(3)4)19-16(13)25-14/h5-10H2,1-4H3. The van der Waals surface area contributed by atoms with E-state index in [0.717, 1.165) is 46.8 Å². The first-order valence-corrected chi connectivity index (χ1v) is 9.35. The SMILES string of the molecule is CCOC(=O)c1sc2nc(CN(C)C)nc(N3CCCCO3)c2c1C. The smallest absolute Gasteiger partial charge is 0.348 e. The summed E-state index contributed by atoms with van der Waals surface area (Å²) in [5, 5.41) is 2.74. The molecule has 1 saturated heterocycles. The van der Waals surface area contributed by atoms with Gasteiger partial charge >= 0.3 is 5.97 Å². The molecular weight excluding hydrogens is 340 g/mol. The van der Waals surface area contributed by atoms with E-state index in [1.165, 1.54) is 11.3 Å². The summed E-state index contributed by atoms with van der Waals surface area (Å²) in [5.41, 5.74) is 0.860. The minimum Gasteiger partial charge on any atom is -0.462 e. The van der Waals surface area contributed by atoms with Gasteiger partial charge in [-0.15, -0.1) is 11.3 Å². The number of carbonyl (C=O) groups excluding carboxylic acids is 1. The van der Waals surface area contributed by atoms with Crippen molar-refractivity contribution < 1.29 is 14.4 Å². The fourth-order valence-electron chi connectivity index (χ4n) is 2.85. The molecule has 2 aromatic heterocycles. The molecule has 0 atom stereocenters. The molecule has 1 aliphatic rings. The van der Waals surface area contributed by atoms with Gasteiger partial charge in [0, 0.05) is 6.54 Å². The number of hydrogen-bond acceptors (Lipinski definition) is 8. The first kappa shape index (κ1) is 18.0. The summed E-state index contributed by atoms with van der Waals surface area (Å²) in [6.07, 6.45) is 2.11. The predicted molar refractivity (Wildman–Crippen MR) is 98.0 cm³/mol. The second-order valence-corrected chi connectivity index (χ2v) is 7.30. The van der Waals surface area contributed by atoms with Crippen LogP contribution in [-0.2, 0) is 16.1 Å². The number of fused-ring (bicyclic) bond motifs is 1. The number of esters is 1. The van der Waals surface area contributed by atoms with Gasteiger partial charge in [-0.25, -0.2) is 19.8 Å². The fourth-order valence-corrected chi connectivity index (χ4v) is 3.94. The molecule has 0 radical (unpaired) electrons. The normalized spacial score (nSPS) is 15.2. The lowest BCUT2D eigenvalue weighted by atomic mass is 10.2. The molecule has 3 rings (SSSR count). The summed E-state index contributed by atoms with van der Waals surface area (Å²) < 4.78 is 5.19. The highest BCUT2D eigenvalue weighted by Crippen LogP contribution is 2.36. The van der Waals surface area contributed by atoms with Crippen LogP contribution in [0.1, 0.15) is 40.8 Å². The Balaban J connectivity index is 2.13. The minimum atomic E-state index is -0.303. The molecule has 0 saturated carbocycles. The lowest BCUT2D eigenvalue weighted by Crippen LogP contribution is -2.31. The van der Waals surface area contributed by atoms with Crippen molar-refractivity contribution in [3.05, 3.63) is 16.3 Å². The van der Waals surface area contributed by atoms with Crippen LogP contribution in [0, 0.1) is 6.92 Å². The Morgan fingerprint density at radius 1 is 1.36 bits per heavy atom. The number of hydroxylamine groups is 1. The number of thiophene rings is 1. The van der Waals surface area contributed by atoms with Gasteiger partial charge in [0.1, 0.15) is 15.5 Å². The maximum absolute atomic E-state index is 12.3. The topological polar surface area (TPSA) is 67.8 Å². The molecular formula is C17H24N4O3S. The van der Waals surface area contributed by atoms with Crippen LogP contribution in [0.15, 0.2) is 0 Å². The van der Waals surface area contributed by atoms with E-state index in [1.54, 1.807) is 0 Å². The third kappa shape index (κ3) is 3.75. The van der Waals surface area contributed by atoms with Gasteiger partial charge in [0.25, 0.3) is 0 Å². The van der Waals surface area contributed by atoms with E-state index >= 15 is 0 Å². The maximum Gasteiger partial charge on any atom is 0.348 e. The number of anilines is 1. The number of aryl methyl sites for hydroxylation is 1. The molecule has 3 heterocycles. The van der Waals surface area contributed by atoms with Crippen molar-refractivity contribution in [2.75, 3.05) is 38.9 Å². The Labute approximate surface area is 151 Å². The van der Waals surface area contributed by atoms with E-state index in [1.807, 2.05) is 37.9 Å². The predicted octanol–water partition coefficient (Wildman–Crippen LogP) is 2.77. The Kier molecular flexibility index (Phi) is 5.51. The largest absolute Gasteiger partial charge is 0.462 e. The number of aromatic nitrogens is 2. The second kappa shape index (κ2) is 7.63. The third-order valence-electron chi connectivity index (χ3n) is 3.97. The van der Waals surface area contributed by atoms with E-state index < -0.39 is 0 Å². The van der Waals surface area contributed by atoms with Crippen molar-refractivity contribution in [2.45, 2.75) is 33.2 Å². The van der Waals surface area contributed by atoms with Gasteiger partial charge < -0.3 is 9.64 Å². The van der Waals surface area contributed by atoms with E-state index in [4.69, 9.17) is 14.6 Å². The van der Waals surface area contributed by atoms with Crippen molar-refractivity contribution in [3.63, 3.8) is 0 Å². The van der Waals surface area contributed by atoms with Crippen LogP contribution in [0.4, 0.5) is 5.82 Å². The Morgan fingerprint density at radius 2 is 2.16 bits per heavy atom. The summed E-state index contributed by atoms with van der Waals surface area (Å²) in [4.78, 5) is 30.9. The van der Waals surface area contributed by atoms with Crippen molar-refractivity contribution >= 4 is 33.3 Å². The molecule has 0 N–H and O–H groups in total. The van der Waals surface area contributed by atoms with Crippen LogP contribution >= 0.6 is 11.3 Å². The monoisotopic (exact) mass is 364 g/mol.